The minimum absolute atomic E-state index is 0.0412. The van der Waals surface area contributed by atoms with E-state index in [1.807, 2.05) is 11.0 Å². The second kappa shape index (κ2) is 5.94. The number of anilines is 1. The maximum atomic E-state index is 12.7. The van der Waals surface area contributed by atoms with Gasteiger partial charge in [0.05, 0.1) is 23.7 Å². The van der Waals surface area contributed by atoms with Gasteiger partial charge in [0.2, 0.25) is 0 Å². The van der Waals surface area contributed by atoms with Crippen LogP contribution in [0.4, 0.5) is 18.9 Å². The summed E-state index contributed by atoms with van der Waals surface area (Å²) in [6.07, 6.45) is -4.79. The third-order valence-corrected chi connectivity index (χ3v) is 3.91. The number of aliphatic hydroxyl groups excluding tert-OH is 1. The largest absolute Gasteiger partial charge is 0.391 e. The van der Waals surface area contributed by atoms with Crippen molar-refractivity contribution in [2.24, 2.45) is 5.92 Å². The van der Waals surface area contributed by atoms with Gasteiger partial charge >= 0.3 is 6.18 Å². The summed E-state index contributed by atoms with van der Waals surface area (Å²) in [6.45, 7) is 2.16. The van der Waals surface area contributed by atoms with Gasteiger partial charge in [0.25, 0.3) is 0 Å². The van der Waals surface area contributed by atoms with Crippen molar-refractivity contribution >= 4 is 5.69 Å². The Morgan fingerprint density at radius 2 is 1.95 bits per heavy atom. The number of rotatable bonds is 2. The fourth-order valence-electron chi connectivity index (χ4n) is 2.69. The average Bonchev–Trinajstić information content (AvgIpc) is 2.45. The molecule has 1 aliphatic rings. The minimum atomic E-state index is -4.15. The lowest BCUT2D eigenvalue weighted by atomic mass is 9.94. The first-order valence-electron chi connectivity index (χ1n) is 6.86. The molecular formula is C15H17F3N2O. The first-order chi connectivity index (χ1) is 9.82. The minimum Gasteiger partial charge on any atom is -0.389 e. The van der Waals surface area contributed by atoms with E-state index in [0.717, 1.165) is 0 Å². The summed E-state index contributed by atoms with van der Waals surface area (Å²) in [5.74, 6) is -1.26. The zero-order valence-corrected chi connectivity index (χ0v) is 11.7. The van der Waals surface area contributed by atoms with E-state index in [2.05, 4.69) is 0 Å². The Balaban J connectivity index is 2.21. The molecule has 0 bridgehead atoms. The molecule has 1 aliphatic heterocycles. The highest BCUT2D eigenvalue weighted by atomic mass is 19.4. The van der Waals surface area contributed by atoms with Crippen LogP contribution in [0.2, 0.25) is 0 Å². The molecule has 1 N–H and O–H groups in total. The Hall–Kier alpha value is -1.74. The first kappa shape index (κ1) is 15.6. The quantitative estimate of drug-likeness (QED) is 0.910. The van der Waals surface area contributed by atoms with Crippen LogP contribution in [0.1, 0.15) is 37.0 Å². The van der Waals surface area contributed by atoms with Gasteiger partial charge < -0.3 is 10.0 Å². The normalized spacial score (nSPS) is 18.4. The summed E-state index contributed by atoms with van der Waals surface area (Å²) in [4.78, 5) is 1.82. The highest BCUT2D eigenvalue weighted by molar-refractivity contribution is 5.58. The van der Waals surface area contributed by atoms with Crippen molar-refractivity contribution in [3.8, 4) is 6.07 Å². The maximum Gasteiger partial charge on any atom is 0.391 e. The molecule has 1 fully saturated rings. The average molecular weight is 298 g/mol. The molecule has 21 heavy (non-hydrogen) atoms. The molecule has 0 radical (unpaired) electrons. The number of nitrogens with zero attached hydrogens (tertiary/aromatic N) is 2. The molecule has 0 unspecified atom stereocenters. The molecule has 0 spiro atoms. The van der Waals surface area contributed by atoms with Gasteiger partial charge in [-0.3, -0.25) is 0 Å². The third kappa shape index (κ3) is 3.48. The van der Waals surface area contributed by atoms with Gasteiger partial charge in [-0.15, -0.1) is 0 Å². The lowest BCUT2D eigenvalue weighted by molar-refractivity contribution is -0.179. The molecule has 1 heterocycles. The molecular weight excluding hydrogens is 281 g/mol. The summed E-state index contributed by atoms with van der Waals surface area (Å²) in [5.41, 5.74) is 1.73. The van der Waals surface area contributed by atoms with Gasteiger partial charge in [0.1, 0.15) is 0 Å². The molecule has 0 aromatic heterocycles. The van der Waals surface area contributed by atoms with Crippen molar-refractivity contribution in [3.05, 3.63) is 29.3 Å². The van der Waals surface area contributed by atoms with Crippen LogP contribution in [-0.2, 0) is 0 Å². The number of aliphatic hydroxyl groups is 1. The number of alkyl halides is 3. The number of nitriles is 1. The van der Waals surface area contributed by atoms with E-state index in [1.54, 1.807) is 25.1 Å². The lowest BCUT2D eigenvalue weighted by Crippen LogP contribution is -2.39. The Bertz CT molecular complexity index is 541. The third-order valence-electron chi connectivity index (χ3n) is 3.91. The lowest BCUT2D eigenvalue weighted by Gasteiger charge is -2.35. The number of hydrogen-bond acceptors (Lipinski definition) is 3. The van der Waals surface area contributed by atoms with E-state index in [0.29, 0.717) is 16.8 Å². The predicted molar refractivity (Wildman–Crippen MR) is 72.8 cm³/mol. The number of piperidine rings is 1. The number of halogens is 3. The molecule has 1 aromatic rings. The zero-order chi connectivity index (χ0) is 15.6. The maximum absolute atomic E-state index is 12.7. The SMILES string of the molecule is C[C@H](O)c1ccc(C#N)cc1N1CCC(C(F)(F)F)CC1. The Kier molecular flexibility index (Phi) is 4.43. The molecule has 0 saturated carbocycles. The highest BCUT2D eigenvalue weighted by Gasteiger charge is 2.41. The van der Waals surface area contributed by atoms with Gasteiger partial charge in [-0.2, -0.15) is 18.4 Å². The standard InChI is InChI=1S/C15H17F3N2O/c1-10(21)13-3-2-11(9-19)8-14(13)20-6-4-12(5-7-20)15(16,17)18/h2-3,8,10,12,21H,4-7H2,1H3/t10-/m0/s1. The molecule has 0 aliphatic carbocycles. The van der Waals surface area contributed by atoms with Gasteiger partial charge in [-0.25, -0.2) is 0 Å². The summed E-state index contributed by atoms with van der Waals surface area (Å²) in [6, 6.07) is 6.92. The molecule has 1 saturated heterocycles. The van der Waals surface area contributed by atoms with Crippen LogP contribution < -0.4 is 4.90 Å². The predicted octanol–water partition coefficient (Wildman–Crippen LogP) is 3.39. The van der Waals surface area contributed by atoms with Crippen LogP contribution in [0.15, 0.2) is 18.2 Å². The fourth-order valence-corrected chi connectivity index (χ4v) is 2.69. The van der Waals surface area contributed by atoms with Crippen LogP contribution >= 0.6 is 0 Å². The summed E-state index contributed by atoms with van der Waals surface area (Å²) in [7, 11) is 0. The Labute approximate surface area is 121 Å². The van der Waals surface area contributed by atoms with E-state index in [1.165, 1.54) is 0 Å². The van der Waals surface area contributed by atoms with Crippen molar-refractivity contribution in [1.29, 1.82) is 5.26 Å². The van der Waals surface area contributed by atoms with E-state index >= 15 is 0 Å². The monoisotopic (exact) mass is 298 g/mol. The summed E-state index contributed by atoms with van der Waals surface area (Å²) in [5, 5.41) is 18.7. The smallest absolute Gasteiger partial charge is 0.389 e. The van der Waals surface area contributed by atoms with Crippen molar-refractivity contribution in [2.45, 2.75) is 32.0 Å². The second-order valence-corrected chi connectivity index (χ2v) is 5.36. The molecule has 6 heteroatoms. The van der Waals surface area contributed by atoms with E-state index in [4.69, 9.17) is 5.26 Å². The molecule has 3 nitrogen and oxygen atoms in total. The van der Waals surface area contributed by atoms with Crippen LogP contribution in [0.25, 0.3) is 0 Å². The van der Waals surface area contributed by atoms with Gasteiger partial charge in [-0.1, -0.05) is 6.07 Å². The first-order valence-corrected chi connectivity index (χ1v) is 6.86. The molecule has 2 rings (SSSR count). The Morgan fingerprint density at radius 3 is 2.43 bits per heavy atom. The van der Waals surface area contributed by atoms with Gasteiger partial charge in [0.15, 0.2) is 0 Å². The van der Waals surface area contributed by atoms with Crippen molar-refractivity contribution in [3.63, 3.8) is 0 Å². The number of hydrogen-bond donors (Lipinski definition) is 1. The number of benzene rings is 1. The van der Waals surface area contributed by atoms with Crippen LogP contribution in [0.3, 0.4) is 0 Å². The van der Waals surface area contributed by atoms with Gasteiger partial charge in [-0.05, 0) is 31.9 Å². The topological polar surface area (TPSA) is 47.3 Å². The second-order valence-electron chi connectivity index (χ2n) is 5.36. The van der Waals surface area contributed by atoms with Crippen molar-refractivity contribution in [2.75, 3.05) is 18.0 Å². The molecule has 0 amide bonds. The van der Waals surface area contributed by atoms with Gasteiger partial charge in [0, 0.05) is 24.3 Å². The summed E-state index contributed by atoms with van der Waals surface area (Å²) >= 11 is 0. The molecule has 114 valence electrons. The van der Waals surface area contributed by atoms with Crippen molar-refractivity contribution < 1.29 is 18.3 Å². The van der Waals surface area contributed by atoms with E-state index in [9.17, 15) is 18.3 Å². The summed E-state index contributed by atoms with van der Waals surface area (Å²) < 4.78 is 38.1. The zero-order valence-electron chi connectivity index (χ0n) is 11.7. The fraction of sp³-hybridized carbons (Fsp3) is 0.533. The van der Waals surface area contributed by atoms with Crippen LogP contribution in [-0.4, -0.2) is 24.4 Å². The molecule has 1 atom stereocenters. The van der Waals surface area contributed by atoms with E-state index < -0.39 is 18.2 Å². The van der Waals surface area contributed by atoms with E-state index in [-0.39, 0.29) is 25.9 Å². The molecule has 1 aromatic carbocycles. The van der Waals surface area contributed by atoms with Crippen LogP contribution in [0, 0.1) is 17.2 Å². The van der Waals surface area contributed by atoms with Crippen LogP contribution in [0.5, 0.6) is 0 Å². The highest BCUT2D eigenvalue weighted by Crippen LogP contribution is 2.37. The Morgan fingerprint density at radius 1 is 1.33 bits per heavy atom. The van der Waals surface area contributed by atoms with Crippen molar-refractivity contribution in [1.82, 2.24) is 0 Å².